The van der Waals surface area contributed by atoms with E-state index in [1.54, 1.807) is 26.4 Å². The van der Waals surface area contributed by atoms with Crippen LogP contribution in [-0.2, 0) is 4.79 Å². The zero-order chi connectivity index (χ0) is 20.1. The van der Waals surface area contributed by atoms with Crippen molar-refractivity contribution in [3.8, 4) is 11.5 Å². The molecule has 0 saturated carbocycles. The fourth-order valence-corrected chi connectivity index (χ4v) is 3.24. The van der Waals surface area contributed by atoms with E-state index in [0.29, 0.717) is 22.2 Å². The molecule has 1 amide bonds. The van der Waals surface area contributed by atoms with Crippen LogP contribution >= 0.6 is 11.6 Å². The summed E-state index contributed by atoms with van der Waals surface area (Å²) in [6, 6.07) is 17.6. The molecule has 0 saturated heterocycles. The van der Waals surface area contributed by atoms with E-state index in [4.69, 9.17) is 21.1 Å². The van der Waals surface area contributed by atoms with Crippen molar-refractivity contribution in [3.63, 3.8) is 0 Å². The summed E-state index contributed by atoms with van der Waals surface area (Å²) in [6.45, 7) is 2.05. The van der Waals surface area contributed by atoms with Gasteiger partial charge in [-0.3, -0.25) is 4.79 Å². The number of halogens is 1. The predicted molar refractivity (Wildman–Crippen MR) is 114 cm³/mol. The third kappa shape index (κ3) is 4.49. The Bertz CT molecular complexity index is 991. The Morgan fingerprint density at radius 2 is 1.68 bits per heavy atom. The summed E-state index contributed by atoms with van der Waals surface area (Å²) in [6.07, 6.45) is 0. The summed E-state index contributed by atoms with van der Waals surface area (Å²) in [5.41, 5.74) is 1.66. The second kappa shape index (κ2) is 8.85. The zero-order valence-corrected chi connectivity index (χ0v) is 16.8. The Balaban J connectivity index is 1.63. The molecule has 3 aromatic rings. The van der Waals surface area contributed by atoms with Crippen LogP contribution in [0.3, 0.4) is 0 Å². The number of carbonyl (C=O) groups is 1. The van der Waals surface area contributed by atoms with Gasteiger partial charge in [-0.2, -0.15) is 0 Å². The fraction of sp³-hybridized carbons (Fsp3) is 0.227. The molecule has 5 nitrogen and oxygen atoms in total. The first-order valence-electron chi connectivity index (χ1n) is 8.95. The lowest BCUT2D eigenvalue weighted by Gasteiger charge is -2.17. The van der Waals surface area contributed by atoms with Gasteiger partial charge in [-0.15, -0.1) is 0 Å². The van der Waals surface area contributed by atoms with Gasteiger partial charge in [0.25, 0.3) is 0 Å². The van der Waals surface area contributed by atoms with E-state index >= 15 is 0 Å². The van der Waals surface area contributed by atoms with Gasteiger partial charge in [-0.25, -0.2) is 0 Å². The van der Waals surface area contributed by atoms with E-state index < -0.39 is 0 Å². The van der Waals surface area contributed by atoms with Crippen LogP contribution in [0.1, 0.15) is 18.5 Å². The Hall–Kier alpha value is -2.92. The van der Waals surface area contributed by atoms with Gasteiger partial charge in [0.2, 0.25) is 5.91 Å². The van der Waals surface area contributed by atoms with Crippen molar-refractivity contribution < 1.29 is 14.3 Å². The summed E-state index contributed by atoms with van der Waals surface area (Å²) in [5.74, 6) is 0.943. The molecule has 0 radical (unpaired) electrons. The SMILES string of the molecule is COc1cc(Cl)c(NCC(=O)N[C@H](C)c2ccc3ccccc3c2)cc1OC. The molecule has 0 spiro atoms. The molecule has 0 aliphatic rings. The molecule has 0 aliphatic heterocycles. The highest BCUT2D eigenvalue weighted by molar-refractivity contribution is 6.33. The van der Waals surface area contributed by atoms with Crippen molar-refractivity contribution in [2.45, 2.75) is 13.0 Å². The summed E-state index contributed by atoms with van der Waals surface area (Å²) < 4.78 is 10.5. The Kier molecular flexibility index (Phi) is 6.26. The van der Waals surface area contributed by atoms with Gasteiger partial charge >= 0.3 is 0 Å². The highest BCUT2D eigenvalue weighted by Gasteiger charge is 2.13. The van der Waals surface area contributed by atoms with E-state index in [2.05, 4.69) is 34.9 Å². The number of hydrogen-bond acceptors (Lipinski definition) is 4. The van der Waals surface area contributed by atoms with E-state index in [1.165, 1.54) is 5.39 Å². The first-order valence-corrected chi connectivity index (χ1v) is 9.33. The van der Waals surface area contributed by atoms with Gasteiger partial charge in [0.1, 0.15) is 0 Å². The van der Waals surface area contributed by atoms with Gasteiger partial charge in [0.05, 0.1) is 37.5 Å². The summed E-state index contributed by atoms with van der Waals surface area (Å²) in [5, 5.41) is 8.82. The lowest BCUT2D eigenvalue weighted by atomic mass is 10.0. The summed E-state index contributed by atoms with van der Waals surface area (Å²) in [4.78, 5) is 12.4. The third-order valence-corrected chi connectivity index (χ3v) is 4.88. The minimum atomic E-state index is -0.133. The van der Waals surface area contributed by atoms with E-state index in [9.17, 15) is 4.79 Å². The lowest BCUT2D eigenvalue weighted by molar-refractivity contribution is -0.120. The highest BCUT2D eigenvalue weighted by Crippen LogP contribution is 2.35. The van der Waals surface area contributed by atoms with Crippen LogP contribution in [0.4, 0.5) is 5.69 Å². The monoisotopic (exact) mass is 398 g/mol. The number of carbonyl (C=O) groups excluding carboxylic acids is 1. The van der Waals surface area contributed by atoms with Crippen molar-refractivity contribution in [2.24, 2.45) is 0 Å². The van der Waals surface area contributed by atoms with Gasteiger partial charge in [0.15, 0.2) is 11.5 Å². The number of nitrogens with one attached hydrogen (secondary N) is 2. The van der Waals surface area contributed by atoms with Crippen molar-refractivity contribution >= 4 is 34.0 Å². The molecule has 146 valence electrons. The topological polar surface area (TPSA) is 59.6 Å². The maximum atomic E-state index is 12.4. The predicted octanol–water partition coefficient (Wildman–Crippen LogP) is 4.80. The molecular formula is C22H23ClN2O3. The molecule has 28 heavy (non-hydrogen) atoms. The number of rotatable bonds is 7. The average molecular weight is 399 g/mol. The summed E-state index contributed by atoms with van der Waals surface area (Å²) >= 11 is 6.25. The molecule has 1 atom stereocenters. The molecule has 0 heterocycles. The zero-order valence-electron chi connectivity index (χ0n) is 16.1. The molecule has 0 fully saturated rings. The minimum Gasteiger partial charge on any atom is -0.493 e. The van der Waals surface area contributed by atoms with Crippen LogP contribution < -0.4 is 20.1 Å². The van der Waals surface area contributed by atoms with Gasteiger partial charge in [0, 0.05) is 12.1 Å². The quantitative estimate of drug-likeness (QED) is 0.600. The number of benzene rings is 3. The Morgan fingerprint density at radius 3 is 2.39 bits per heavy atom. The van der Waals surface area contributed by atoms with Crippen molar-refractivity contribution in [1.82, 2.24) is 5.32 Å². The van der Waals surface area contributed by atoms with Crippen molar-refractivity contribution in [1.29, 1.82) is 0 Å². The van der Waals surface area contributed by atoms with Crippen LogP contribution in [0.5, 0.6) is 11.5 Å². The van der Waals surface area contributed by atoms with E-state index in [-0.39, 0.29) is 18.5 Å². The van der Waals surface area contributed by atoms with Crippen molar-refractivity contribution in [2.75, 3.05) is 26.1 Å². The van der Waals surface area contributed by atoms with Gasteiger partial charge < -0.3 is 20.1 Å². The molecule has 0 aliphatic carbocycles. The molecule has 3 aromatic carbocycles. The molecule has 3 rings (SSSR count). The maximum Gasteiger partial charge on any atom is 0.239 e. The van der Waals surface area contributed by atoms with Crippen LogP contribution in [0.15, 0.2) is 54.6 Å². The van der Waals surface area contributed by atoms with Crippen LogP contribution in [-0.4, -0.2) is 26.7 Å². The number of methoxy groups -OCH3 is 2. The number of anilines is 1. The van der Waals surface area contributed by atoms with Crippen molar-refractivity contribution in [3.05, 3.63) is 65.2 Å². The van der Waals surface area contributed by atoms with E-state index in [1.807, 2.05) is 25.1 Å². The third-order valence-electron chi connectivity index (χ3n) is 4.56. The molecule has 0 aromatic heterocycles. The lowest BCUT2D eigenvalue weighted by Crippen LogP contribution is -2.32. The minimum absolute atomic E-state index is 0.0904. The number of ether oxygens (including phenoxy) is 2. The first-order chi connectivity index (χ1) is 13.5. The van der Waals surface area contributed by atoms with Crippen LogP contribution in [0.2, 0.25) is 5.02 Å². The Labute approximate surface area is 169 Å². The number of amides is 1. The maximum absolute atomic E-state index is 12.4. The second-order valence-electron chi connectivity index (χ2n) is 6.44. The molecular weight excluding hydrogens is 376 g/mol. The molecule has 6 heteroatoms. The van der Waals surface area contributed by atoms with E-state index in [0.717, 1.165) is 10.9 Å². The van der Waals surface area contributed by atoms with Gasteiger partial charge in [-0.05, 0) is 29.3 Å². The fourth-order valence-electron chi connectivity index (χ4n) is 3.02. The largest absolute Gasteiger partial charge is 0.493 e. The normalized spacial score (nSPS) is 11.7. The average Bonchev–Trinajstić information content (AvgIpc) is 2.72. The second-order valence-corrected chi connectivity index (χ2v) is 6.84. The molecule has 2 N–H and O–H groups in total. The first kappa shape index (κ1) is 19.8. The molecule has 0 unspecified atom stereocenters. The van der Waals surface area contributed by atoms with Crippen LogP contribution in [0, 0.1) is 0 Å². The smallest absolute Gasteiger partial charge is 0.239 e. The standard InChI is InChI=1S/C22H23ClN2O3/c1-14(16-9-8-15-6-4-5-7-17(15)10-16)25-22(26)13-24-19-12-21(28-3)20(27-2)11-18(19)23/h4-12,14,24H,13H2,1-3H3,(H,25,26)/t14-/m1/s1. The highest BCUT2D eigenvalue weighted by atomic mass is 35.5. The number of fused-ring (bicyclic) bond motifs is 1. The van der Waals surface area contributed by atoms with Gasteiger partial charge in [-0.1, -0.05) is 48.0 Å². The number of hydrogen-bond donors (Lipinski definition) is 2. The summed E-state index contributed by atoms with van der Waals surface area (Å²) in [7, 11) is 3.09. The Morgan fingerprint density at radius 1 is 1.00 bits per heavy atom. The molecule has 0 bridgehead atoms. The van der Waals surface area contributed by atoms with Crippen LogP contribution in [0.25, 0.3) is 10.8 Å².